The molecule has 0 atom stereocenters. The zero-order valence-electron chi connectivity index (χ0n) is 16.6. The zero-order chi connectivity index (χ0) is 18.3. The third kappa shape index (κ3) is 6.55. The smallest absolute Gasteiger partial charge is 0.225 e. The molecule has 3 N–H and O–H groups in total. The maximum atomic E-state index is 12.5. The van der Waals surface area contributed by atoms with Gasteiger partial charge in [-0.15, -0.1) is 24.0 Å². The molecule has 0 aromatic rings. The molecule has 0 radical (unpaired) electrons. The first-order valence-corrected chi connectivity index (χ1v) is 10.1. The van der Waals surface area contributed by atoms with Crippen molar-refractivity contribution in [1.29, 1.82) is 0 Å². The van der Waals surface area contributed by atoms with Gasteiger partial charge in [0.1, 0.15) is 0 Å². The predicted molar refractivity (Wildman–Crippen MR) is 117 cm³/mol. The molecule has 7 heteroatoms. The van der Waals surface area contributed by atoms with Crippen molar-refractivity contribution in [1.82, 2.24) is 15.5 Å². The molecule has 0 bridgehead atoms. The van der Waals surface area contributed by atoms with E-state index in [1.807, 2.05) is 11.8 Å². The van der Waals surface area contributed by atoms with Crippen LogP contribution in [0.5, 0.6) is 0 Å². The van der Waals surface area contributed by atoms with Gasteiger partial charge in [0.25, 0.3) is 0 Å². The molecule has 2 aliphatic rings. The highest BCUT2D eigenvalue weighted by Gasteiger charge is 2.34. The number of carbonyl (C=O) groups is 1. The van der Waals surface area contributed by atoms with E-state index in [1.54, 1.807) is 0 Å². The first-order chi connectivity index (χ1) is 12.0. The topological polar surface area (TPSA) is 77.0 Å². The maximum Gasteiger partial charge on any atom is 0.225 e. The minimum atomic E-state index is -0.590. The molecular formula is C19H37IN4O2. The molecule has 2 rings (SSSR count). The van der Waals surface area contributed by atoms with Crippen LogP contribution in [0.2, 0.25) is 0 Å². The summed E-state index contributed by atoms with van der Waals surface area (Å²) in [7, 11) is 0. The van der Waals surface area contributed by atoms with Crippen molar-refractivity contribution in [3.63, 3.8) is 0 Å². The highest BCUT2D eigenvalue weighted by Crippen LogP contribution is 2.31. The van der Waals surface area contributed by atoms with E-state index in [4.69, 9.17) is 0 Å². The van der Waals surface area contributed by atoms with Crippen molar-refractivity contribution >= 4 is 35.8 Å². The molecule has 0 aromatic heterocycles. The van der Waals surface area contributed by atoms with Gasteiger partial charge in [-0.25, -0.2) is 0 Å². The van der Waals surface area contributed by atoms with Gasteiger partial charge in [-0.05, 0) is 51.9 Å². The molecule has 0 spiro atoms. The molecule has 1 saturated heterocycles. The van der Waals surface area contributed by atoms with E-state index < -0.39 is 5.60 Å². The number of halogens is 1. The lowest BCUT2D eigenvalue weighted by atomic mass is 9.80. The quantitative estimate of drug-likeness (QED) is 0.297. The zero-order valence-corrected chi connectivity index (χ0v) is 18.9. The molecule has 0 aromatic carbocycles. The van der Waals surface area contributed by atoms with Gasteiger partial charge in [0.05, 0.1) is 12.1 Å². The molecule has 1 heterocycles. The number of nitrogens with one attached hydrogen (secondary N) is 2. The van der Waals surface area contributed by atoms with Crippen LogP contribution in [0.1, 0.15) is 65.7 Å². The fraction of sp³-hybridized carbons (Fsp3) is 0.895. The minimum Gasteiger partial charge on any atom is -0.388 e. The van der Waals surface area contributed by atoms with Crippen molar-refractivity contribution in [2.45, 2.75) is 77.4 Å². The van der Waals surface area contributed by atoms with Gasteiger partial charge in [0.15, 0.2) is 5.96 Å². The third-order valence-corrected chi connectivity index (χ3v) is 5.64. The Hall–Kier alpha value is -0.570. The largest absolute Gasteiger partial charge is 0.388 e. The van der Waals surface area contributed by atoms with Gasteiger partial charge in [0, 0.05) is 31.6 Å². The molecular weight excluding hydrogens is 443 g/mol. The summed E-state index contributed by atoms with van der Waals surface area (Å²) in [5.41, 5.74) is -0.590. The van der Waals surface area contributed by atoms with Gasteiger partial charge in [-0.1, -0.05) is 13.8 Å². The Kier molecular flexibility index (Phi) is 10.2. The summed E-state index contributed by atoms with van der Waals surface area (Å²) < 4.78 is 0. The summed E-state index contributed by atoms with van der Waals surface area (Å²) in [4.78, 5) is 19.1. The lowest BCUT2D eigenvalue weighted by Gasteiger charge is -2.36. The normalized spacial score (nSPS) is 20.3. The Morgan fingerprint density at radius 3 is 2.31 bits per heavy atom. The highest BCUT2D eigenvalue weighted by atomic mass is 127. The van der Waals surface area contributed by atoms with Gasteiger partial charge >= 0.3 is 0 Å². The second kappa shape index (κ2) is 11.3. The van der Waals surface area contributed by atoms with Crippen molar-refractivity contribution < 1.29 is 9.90 Å². The fourth-order valence-electron chi connectivity index (χ4n) is 3.62. The summed E-state index contributed by atoms with van der Waals surface area (Å²) in [5, 5.41) is 17.0. The average Bonchev–Trinajstić information content (AvgIpc) is 2.60. The summed E-state index contributed by atoms with van der Waals surface area (Å²) in [6, 6.07) is 0.333. The average molecular weight is 480 g/mol. The highest BCUT2D eigenvalue weighted by molar-refractivity contribution is 14.0. The van der Waals surface area contributed by atoms with E-state index in [9.17, 15) is 9.90 Å². The van der Waals surface area contributed by atoms with Gasteiger partial charge in [-0.2, -0.15) is 0 Å². The van der Waals surface area contributed by atoms with Crippen LogP contribution in [0.3, 0.4) is 0 Å². The Balaban J connectivity index is 0.00000338. The number of aliphatic hydroxyl groups is 1. The molecule has 2 fully saturated rings. The lowest BCUT2D eigenvalue weighted by molar-refractivity contribution is -0.136. The number of rotatable bonds is 7. The molecule has 26 heavy (non-hydrogen) atoms. The van der Waals surface area contributed by atoms with Crippen LogP contribution in [0.25, 0.3) is 0 Å². The monoisotopic (exact) mass is 480 g/mol. The van der Waals surface area contributed by atoms with Crippen LogP contribution in [0, 0.1) is 5.92 Å². The fourth-order valence-corrected chi connectivity index (χ4v) is 3.62. The number of hydrogen-bond donors (Lipinski definition) is 3. The number of carbonyl (C=O) groups excluding carboxylic acids is 1. The molecule has 6 nitrogen and oxygen atoms in total. The Bertz CT molecular complexity index is 456. The van der Waals surface area contributed by atoms with Crippen molar-refractivity contribution in [3.05, 3.63) is 0 Å². The Labute approximate surface area is 175 Å². The van der Waals surface area contributed by atoms with E-state index in [2.05, 4.69) is 29.5 Å². The van der Waals surface area contributed by atoms with Crippen molar-refractivity contribution in [2.24, 2.45) is 10.9 Å². The van der Waals surface area contributed by atoms with Crippen molar-refractivity contribution in [3.8, 4) is 0 Å². The Morgan fingerprint density at radius 2 is 1.85 bits per heavy atom. The number of hydrogen-bond acceptors (Lipinski definition) is 3. The second-order valence-electron chi connectivity index (χ2n) is 7.53. The maximum absolute atomic E-state index is 12.5. The minimum absolute atomic E-state index is 0. The summed E-state index contributed by atoms with van der Waals surface area (Å²) in [5.74, 6) is 1.27. The van der Waals surface area contributed by atoms with Gasteiger partial charge in [0.2, 0.25) is 5.91 Å². The molecule has 0 unspecified atom stereocenters. The number of piperidine rings is 1. The van der Waals surface area contributed by atoms with E-state index >= 15 is 0 Å². The third-order valence-electron chi connectivity index (χ3n) is 5.64. The lowest BCUT2D eigenvalue weighted by Crippen LogP contribution is -2.51. The first kappa shape index (κ1) is 23.5. The molecule has 152 valence electrons. The standard InChI is InChI=1S/C19H36N4O2.HI/c1-4-15(5-2)17(24)23-12-8-16(9-13-23)22-18(20-6-3)21-14-19(25)10-7-11-19;/h15-16,25H,4-14H2,1-3H3,(H2,20,21,22);1H. The van der Waals surface area contributed by atoms with E-state index in [0.717, 1.165) is 70.5 Å². The second-order valence-corrected chi connectivity index (χ2v) is 7.53. The summed E-state index contributed by atoms with van der Waals surface area (Å²) in [6.45, 7) is 9.13. The van der Waals surface area contributed by atoms with Crippen LogP contribution in [-0.2, 0) is 4.79 Å². The number of guanidine groups is 1. The van der Waals surface area contributed by atoms with Crippen LogP contribution >= 0.6 is 24.0 Å². The number of aliphatic imine (C=N–C) groups is 1. The number of likely N-dealkylation sites (tertiary alicyclic amines) is 1. The summed E-state index contributed by atoms with van der Waals surface area (Å²) in [6.07, 6.45) is 6.54. The SMILES string of the molecule is CCNC(=NCC1(O)CCC1)NC1CCN(C(=O)C(CC)CC)CC1.I. The van der Waals surface area contributed by atoms with Crippen molar-refractivity contribution in [2.75, 3.05) is 26.2 Å². The first-order valence-electron chi connectivity index (χ1n) is 10.1. The van der Waals surface area contributed by atoms with Gasteiger partial charge < -0.3 is 20.6 Å². The van der Waals surface area contributed by atoms with Crippen LogP contribution in [0.4, 0.5) is 0 Å². The van der Waals surface area contributed by atoms with E-state index in [1.165, 1.54) is 0 Å². The van der Waals surface area contributed by atoms with E-state index in [0.29, 0.717) is 18.5 Å². The molecule has 1 aliphatic heterocycles. The van der Waals surface area contributed by atoms with Crippen LogP contribution < -0.4 is 10.6 Å². The van der Waals surface area contributed by atoms with Gasteiger partial charge in [-0.3, -0.25) is 9.79 Å². The summed E-state index contributed by atoms with van der Waals surface area (Å²) >= 11 is 0. The van der Waals surface area contributed by atoms with E-state index in [-0.39, 0.29) is 29.9 Å². The molecule has 1 amide bonds. The Morgan fingerprint density at radius 1 is 1.23 bits per heavy atom. The predicted octanol–water partition coefficient (Wildman–Crippen LogP) is 2.50. The number of nitrogens with zero attached hydrogens (tertiary/aromatic N) is 2. The molecule has 1 aliphatic carbocycles. The molecule has 1 saturated carbocycles. The van der Waals surface area contributed by atoms with Crippen LogP contribution in [0.15, 0.2) is 4.99 Å². The number of amides is 1. The van der Waals surface area contributed by atoms with Crippen LogP contribution in [-0.4, -0.2) is 59.7 Å².